The van der Waals surface area contributed by atoms with Gasteiger partial charge in [0.25, 0.3) is 5.91 Å². The number of amides is 2. The minimum absolute atomic E-state index is 0.186. The highest BCUT2D eigenvalue weighted by Gasteiger charge is 2.27. The lowest BCUT2D eigenvalue weighted by Gasteiger charge is -2.29. The van der Waals surface area contributed by atoms with Crippen molar-refractivity contribution in [3.8, 4) is 11.5 Å². The highest BCUT2D eigenvalue weighted by atomic mass is 79.9. The van der Waals surface area contributed by atoms with Crippen LogP contribution in [-0.2, 0) is 16.1 Å². The Balaban J connectivity index is 1.77. The summed E-state index contributed by atoms with van der Waals surface area (Å²) in [6, 6.07) is 18.5. The smallest absolute Gasteiger partial charge is 0.261 e. The van der Waals surface area contributed by atoms with Crippen molar-refractivity contribution in [2.75, 3.05) is 20.3 Å². The van der Waals surface area contributed by atoms with Gasteiger partial charge in [-0.1, -0.05) is 56.3 Å². The fraction of sp³-hybridized carbons (Fsp3) is 0.333. The molecule has 0 unspecified atom stereocenters. The van der Waals surface area contributed by atoms with E-state index < -0.39 is 6.04 Å². The molecule has 0 radical (unpaired) electrons. The number of nitrogens with zero attached hydrogens (tertiary/aromatic N) is 1. The van der Waals surface area contributed by atoms with Crippen molar-refractivity contribution in [2.24, 2.45) is 5.92 Å². The molecule has 1 N–H and O–H groups in total. The summed E-state index contributed by atoms with van der Waals surface area (Å²) >= 11 is 3.60. The number of hydrogen-bond donors (Lipinski definition) is 1. The summed E-state index contributed by atoms with van der Waals surface area (Å²) in [7, 11) is 1.61. The number of carbonyl (C=O) groups is 2. The summed E-state index contributed by atoms with van der Waals surface area (Å²) in [6.07, 6.45) is 0. The normalized spacial score (nSPS) is 11.8. The van der Waals surface area contributed by atoms with Crippen molar-refractivity contribution >= 4 is 38.5 Å². The van der Waals surface area contributed by atoms with Crippen LogP contribution in [0.1, 0.15) is 26.3 Å². The van der Waals surface area contributed by atoms with Gasteiger partial charge in [-0.2, -0.15) is 0 Å². The first-order valence-electron chi connectivity index (χ1n) is 11.3. The average Bonchev–Trinajstić information content (AvgIpc) is 2.85. The zero-order valence-corrected chi connectivity index (χ0v) is 21.6. The number of benzene rings is 3. The van der Waals surface area contributed by atoms with Crippen LogP contribution in [0.15, 0.2) is 65.1 Å². The summed E-state index contributed by atoms with van der Waals surface area (Å²) in [4.78, 5) is 27.6. The first kappa shape index (κ1) is 25.6. The average molecular weight is 527 g/mol. The number of fused-ring (bicyclic) bond motifs is 1. The molecule has 0 bridgehead atoms. The van der Waals surface area contributed by atoms with E-state index in [2.05, 4.69) is 21.2 Å². The molecule has 0 saturated carbocycles. The van der Waals surface area contributed by atoms with Crippen molar-refractivity contribution in [1.82, 2.24) is 10.2 Å². The third kappa shape index (κ3) is 6.50. The highest BCUT2D eigenvalue weighted by Crippen LogP contribution is 2.33. The van der Waals surface area contributed by atoms with Crippen molar-refractivity contribution in [3.05, 3.63) is 70.7 Å². The Hall–Kier alpha value is -3.06. The predicted molar refractivity (Wildman–Crippen MR) is 138 cm³/mol. The van der Waals surface area contributed by atoms with Gasteiger partial charge in [-0.3, -0.25) is 9.59 Å². The lowest BCUT2D eigenvalue weighted by atomic mass is 10.1. The van der Waals surface area contributed by atoms with Gasteiger partial charge in [0.15, 0.2) is 6.61 Å². The largest absolute Gasteiger partial charge is 0.497 e. The van der Waals surface area contributed by atoms with E-state index in [1.165, 1.54) is 0 Å². The van der Waals surface area contributed by atoms with E-state index in [1.807, 2.05) is 74.5 Å². The molecule has 2 amide bonds. The minimum Gasteiger partial charge on any atom is -0.497 e. The molecule has 0 fully saturated rings. The molecule has 0 aliphatic heterocycles. The first-order valence-corrected chi connectivity index (χ1v) is 12.1. The fourth-order valence-corrected chi connectivity index (χ4v) is 4.12. The van der Waals surface area contributed by atoms with Gasteiger partial charge >= 0.3 is 0 Å². The second kappa shape index (κ2) is 11.9. The molecule has 1 atom stereocenters. The van der Waals surface area contributed by atoms with E-state index in [0.29, 0.717) is 18.2 Å². The topological polar surface area (TPSA) is 67.9 Å². The number of hydrogen-bond acceptors (Lipinski definition) is 4. The van der Waals surface area contributed by atoms with Crippen LogP contribution in [0.3, 0.4) is 0 Å². The Kier molecular flexibility index (Phi) is 8.93. The molecule has 180 valence electrons. The quantitative estimate of drug-likeness (QED) is 0.395. The summed E-state index contributed by atoms with van der Waals surface area (Å²) < 4.78 is 11.9. The summed E-state index contributed by atoms with van der Waals surface area (Å²) in [5, 5.41) is 5.00. The van der Waals surface area contributed by atoms with Gasteiger partial charge in [-0.15, -0.1) is 0 Å². The number of halogens is 1. The van der Waals surface area contributed by atoms with Crippen LogP contribution in [0.25, 0.3) is 10.8 Å². The second-order valence-electron chi connectivity index (χ2n) is 8.57. The molecule has 0 aliphatic rings. The monoisotopic (exact) mass is 526 g/mol. The Morgan fingerprint density at radius 3 is 2.38 bits per heavy atom. The summed E-state index contributed by atoms with van der Waals surface area (Å²) in [5.74, 6) is 1.16. The minimum atomic E-state index is -0.656. The van der Waals surface area contributed by atoms with Crippen LogP contribution in [0.4, 0.5) is 0 Å². The lowest BCUT2D eigenvalue weighted by Crippen LogP contribution is -2.49. The third-order valence-corrected chi connectivity index (χ3v) is 6.36. The molecule has 0 aromatic heterocycles. The predicted octanol–water partition coefficient (Wildman–Crippen LogP) is 5.18. The van der Waals surface area contributed by atoms with Gasteiger partial charge in [0.1, 0.15) is 17.5 Å². The number of methoxy groups -OCH3 is 1. The zero-order valence-electron chi connectivity index (χ0n) is 20.0. The molecule has 7 heteroatoms. The molecule has 0 aliphatic carbocycles. The molecule has 0 spiro atoms. The summed E-state index contributed by atoms with van der Waals surface area (Å²) in [5.41, 5.74) is 0.893. The van der Waals surface area contributed by atoms with Crippen molar-refractivity contribution in [2.45, 2.75) is 33.4 Å². The van der Waals surface area contributed by atoms with Crippen LogP contribution in [0, 0.1) is 5.92 Å². The third-order valence-electron chi connectivity index (χ3n) is 5.54. The number of ether oxygens (including phenoxy) is 2. The molecular weight excluding hydrogens is 496 g/mol. The van der Waals surface area contributed by atoms with Crippen LogP contribution < -0.4 is 14.8 Å². The molecule has 6 nitrogen and oxygen atoms in total. The molecule has 3 rings (SSSR count). The van der Waals surface area contributed by atoms with Gasteiger partial charge in [0, 0.05) is 13.1 Å². The molecule has 3 aromatic carbocycles. The standard InChI is InChI=1S/C27H31BrN2O4/c1-18(2)15-29-27(32)19(3)30(16-20-9-12-22(33-4)13-10-20)25(31)17-34-24-14-11-21-7-5-6-8-23(21)26(24)28/h5-14,18-19H,15-17H2,1-4H3,(H,29,32)/t19-/m1/s1. The molecule has 3 aromatic rings. The van der Waals surface area contributed by atoms with Crippen LogP contribution in [0.2, 0.25) is 0 Å². The van der Waals surface area contributed by atoms with E-state index in [0.717, 1.165) is 26.6 Å². The second-order valence-corrected chi connectivity index (χ2v) is 9.37. The van der Waals surface area contributed by atoms with Crippen molar-refractivity contribution in [3.63, 3.8) is 0 Å². The number of rotatable bonds is 10. The maximum atomic E-state index is 13.3. The first-order chi connectivity index (χ1) is 16.3. The van der Waals surface area contributed by atoms with E-state index in [-0.39, 0.29) is 25.0 Å². The Morgan fingerprint density at radius 2 is 1.71 bits per heavy atom. The van der Waals surface area contributed by atoms with Gasteiger partial charge < -0.3 is 19.7 Å². The van der Waals surface area contributed by atoms with Gasteiger partial charge in [0.05, 0.1) is 11.6 Å². The maximum absolute atomic E-state index is 13.3. The molecule has 34 heavy (non-hydrogen) atoms. The van der Waals surface area contributed by atoms with Gasteiger partial charge in [-0.25, -0.2) is 0 Å². The molecule has 0 saturated heterocycles. The summed E-state index contributed by atoms with van der Waals surface area (Å²) in [6.45, 7) is 6.44. The zero-order chi connectivity index (χ0) is 24.7. The number of carbonyl (C=O) groups excluding carboxylic acids is 2. The van der Waals surface area contributed by atoms with Crippen molar-refractivity contribution < 1.29 is 19.1 Å². The van der Waals surface area contributed by atoms with Gasteiger partial charge in [-0.05, 0) is 63.3 Å². The fourth-order valence-electron chi connectivity index (χ4n) is 3.51. The van der Waals surface area contributed by atoms with Crippen LogP contribution in [-0.4, -0.2) is 43.0 Å². The lowest BCUT2D eigenvalue weighted by molar-refractivity contribution is -0.142. The van der Waals surface area contributed by atoms with Crippen LogP contribution in [0.5, 0.6) is 11.5 Å². The molecular formula is C27H31BrN2O4. The van der Waals surface area contributed by atoms with E-state index in [1.54, 1.807) is 18.9 Å². The molecule has 0 heterocycles. The number of nitrogens with one attached hydrogen (secondary N) is 1. The van der Waals surface area contributed by atoms with E-state index in [4.69, 9.17) is 9.47 Å². The maximum Gasteiger partial charge on any atom is 0.261 e. The van der Waals surface area contributed by atoms with E-state index in [9.17, 15) is 9.59 Å². The Labute approximate surface area is 209 Å². The Bertz CT molecular complexity index is 1130. The van der Waals surface area contributed by atoms with E-state index >= 15 is 0 Å². The van der Waals surface area contributed by atoms with Crippen molar-refractivity contribution in [1.29, 1.82) is 0 Å². The SMILES string of the molecule is COc1ccc(CN(C(=O)COc2ccc3ccccc3c2Br)[C@H](C)C(=O)NCC(C)C)cc1. The highest BCUT2D eigenvalue weighted by molar-refractivity contribution is 9.10. The Morgan fingerprint density at radius 1 is 1.00 bits per heavy atom. The van der Waals surface area contributed by atoms with Gasteiger partial charge in [0.2, 0.25) is 5.91 Å². The van der Waals surface area contributed by atoms with Crippen LogP contribution >= 0.6 is 15.9 Å².